The molecule has 78 valence electrons. The molecular weight excluding hydrogens is 190 g/mol. The van der Waals surface area contributed by atoms with Crippen molar-refractivity contribution in [1.82, 2.24) is 4.90 Å². The quantitative estimate of drug-likeness (QED) is 0.635. The Kier molecular flexibility index (Phi) is 2.73. The van der Waals surface area contributed by atoms with Gasteiger partial charge >= 0.3 is 11.9 Å². The zero-order valence-electron chi connectivity index (χ0n) is 7.64. The lowest BCUT2D eigenvalue weighted by atomic mass is 10.1. The van der Waals surface area contributed by atoms with Crippen molar-refractivity contribution in [1.29, 1.82) is 0 Å². The number of amides is 1. The molecule has 6 nitrogen and oxygen atoms in total. The Labute approximate surface area is 80.1 Å². The average molecular weight is 201 g/mol. The number of rotatable bonds is 3. The molecule has 1 aliphatic heterocycles. The first-order valence-electron chi connectivity index (χ1n) is 4.18. The average Bonchev–Trinajstić information content (AvgIpc) is 2.46. The molecule has 1 fully saturated rings. The molecule has 2 atom stereocenters. The number of carbonyl (C=O) groups is 3. The molecule has 0 aliphatic carbocycles. The van der Waals surface area contributed by atoms with Crippen LogP contribution < -0.4 is 0 Å². The minimum absolute atomic E-state index is 0.0123. The van der Waals surface area contributed by atoms with E-state index in [1.807, 2.05) is 0 Å². The van der Waals surface area contributed by atoms with Crippen molar-refractivity contribution in [3.05, 3.63) is 0 Å². The topological polar surface area (TPSA) is 94.9 Å². The van der Waals surface area contributed by atoms with Crippen LogP contribution in [0, 0.1) is 5.92 Å². The first kappa shape index (κ1) is 10.5. The van der Waals surface area contributed by atoms with Gasteiger partial charge in [-0.2, -0.15) is 0 Å². The van der Waals surface area contributed by atoms with Crippen molar-refractivity contribution in [2.75, 3.05) is 6.54 Å². The number of hydrogen-bond acceptors (Lipinski definition) is 3. The van der Waals surface area contributed by atoms with E-state index < -0.39 is 29.8 Å². The maximum Gasteiger partial charge on any atom is 0.326 e. The van der Waals surface area contributed by atoms with E-state index >= 15 is 0 Å². The van der Waals surface area contributed by atoms with Gasteiger partial charge in [-0.15, -0.1) is 0 Å². The van der Waals surface area contributed by atoms with Crippen molar-refractivity contribution >= 4 is 17.8 Å². The molecule has 0 aromatic rings. The highest BCUT2D eigenvalue weighted by molar-refractivity contribution is 5.89. The van der Waals surface area contributed by atoms with Gasteiger partial charge in [0.2, 0.25) is 5.91 Å². The minimum atomic E-state index is -1.12. The molecule has 1 unspecified atom stereocenters. The molecule has 0 aromatic heterocycles. The smallest absolute Gasteiger partial charge is 0.326 e. The standard InChI is InChI=1S/C8H11NO5/c1-4(7(11)12)9-3-5(8(13)14)2-6(9)10/h4-5H,2-3H2,1H3,(H,11,12)(H,13,14)/t4-,5?/m0/s1. The second-order valence-electron chi connectivity index (χ2n) is 3.30. The zero-order chi connectivity index (χ0) is 10.9. The minimum Gasteiger partial charge on any atom is -0.481 e. The molecule has 1 heterocycles. The van der Waals surface area contributed by atoms with E-state index in [0.717, 1.165) is 4.90 Å². The zero-order valence-corrected chi connectivity index (χ0v) is 7.64. The molecule has 14 heavy (non-hydrogen) atoms. The molecule has 1 saturated heterocycles. The van der Waals surface area contributed by atoms with Crippen LogP contribution in [0.15, 0.2) is 0 Å². The van der Waals surface area contributed by atoms with E-state index in [0.29, 0.717) is 0 Å². The largest absolute Gasteiger partial charge is 0.481 e. The summed E-state index contributed by atoms with van der Waals surface area (Å²) in [5, 5.41) is 17.3. The monoisotopic (exact) mass is 201 g/mol. The lowest BCUT2D eigenvalue weighted by molar-refractivity contribution is -0.147. The summed E-state index contributed by atoms with van der Waals surface area (Å²) in [4.78, 5) is 33.4. The highest BCUT2D eigenvalue weighted by Gasteiger charge is 2.38. The summed E-state index contributed by atoms with van der Waals surface area (Å²) in [6, 6.07) is -0.952. The van der Waals surface area contributed by atoms with Crippen molar-refractivity contribution in [3.63, 3.8) is 0 Å². The molecule has 0 spiro atoms. The summed E-state index contributed by atoms with van der Waals surface area (Å²) in [5.41, 5.74) is 0. The lowest BCUT2D eigenvalue weighted by Crippen LogP contribution is -2.40. The van der Waals surface area contributed by atoms with Crippen LogP contribution >= 0.6 is 0 Å². The van der Waals surface area contributed by atoms with Gasteiger partial charge in [-0.05, 0) is 6.92 Å². The first-order valence-corrected chi connectivity index (χ1v) is 4.18. The molecule has 1 rings (SSSR count). The maximum atomic E-state index is 11.2. The number of hydrogen-bond donors (Lipinski definition) is 2. The fourth-order valence-electron chi connectivity index (χ4n) is 1.40. The summed E-state index contributed by atoms with van der Waals surface area (Å²) < 4.78 is 0. The predicted octanol–water partition coefficient (Wildman–Crippen LogP) is -0.607. The van der Waals surface area contributed by atoms with Crippen LogP contribution in [-0.4, -0.2) is 45.5 Å². The molecule has 0 saturated carbocycles. The third kappa shape index (κ3) is 1.84. The number of carboxylic acids is 2. The van der Waals surface area contributed by atoms with Gasteiger partial charge in [0.15, 0.2) is 0 Å². The van der Waals surface area contributed by atoms with Gasteiger partial charge in [-0.25, -0.2) is 4.79 Å². The van der Waals surface area contributed by atoms with Gasteiger partial charge in [0.1, 0.15) is 6.04 Å². The van der Waals surface area contributed by atoms with Gasteiger partial charge in [-0.1, -0.05) is 0 Å². The van der Waals surface area contributed by atoms with E-state index in [-0.39, 0.29) is 13.0 Å². The molecule has 2 N–H and O–H groups in total. The fraction of sp³-hybridized carbons (Fsp3) is 0.625. The van der Waals surface area contributed by atoms with Crippen molar-refractivity contribution in [3.8, 4) is 0 Å². The first-order chi connectivity index (χ1) is 6.43. The fourth-order valence-corrected chi connectivity index (χ4v) is 1.40. The number of nitrogens with zero attached hydrogens (tertiary/aromatic N) is 1. The number of carbonyl (C=O) groups excluding carboxylic acids is 1. The summed E-state index contributed by atoms with van der Waals surface area (Å²) in [5.74, 6) is -3.36. The van der Waals surface area contributed by atoms with Crippen LogP contribution in [0.25, 0.3) is 0 Å². The Hall–Kier alpha value is -1.59. The van der Waals surface area contributed by atoms with Crippen LogP contribution in [0.4, 0.5) is 0 Å². The van der Waals surface area contributed by atoms with Gasteiger partial charge < -0.3 is 15.1 Å². The van der Waals surface area contributed by atoms with Gasteiger partial charge in [0, 0.05) is 13.0 Å². The van der Waals surface area contributed by atoms with E-state index in [1.165, 1.54) is 6.92 Å². The second-order valence-corrected chi connectivity index (χ2v) is 3.30. The number of carboxylic acid groups (broad SMARTS) is 2. The van der Waals surface area contributed by atoms with Crippen LogP contribution in [0.2, 0.25) is 0 Å². The van der Waals surface area contributed by atoms with E-state index in [4.69, 9.17) is 10.2 Å². The highest BCUT2D eigenvalue weighted by Crippen LogP contribution is 2.20. The normalized spacial score (nSPS) is 23.6. The van der Waals surface area contributed by atoms with E-state index in [9.17, 15) is 14.4 Å². The maximum absolute atomic E-state index is 11.2. The number of likely N-dealkylation sites (tertiary alicyclic amines) is 1. The lowest BCUT2D eigenvalue weighted by Gasteiger charge is -2.20. The van der Waals surface area contributed by atoms with Crippen molar-refractivity contribution in [2.24, 2.45) is 5.92 Å². The Bertz CT molecular complexity index is 287. The van der Waals surface area contributed by atoms with Crippen molar-refractivity contribution < 1.29 is 24.6 Å². The van der Waals surface area contributed by atoms with Gasteiger partial charge in [0.05, 0.1) is 5.92 Å². The van der Waals surface area contributed by atoms with Crippen LogP contribution in [0.1, 0.15) is 13.3 Å². The summed E-state index contributed by atoms with van der Waals surface area (Å²) in [6.07, 6.45) is -0.104. The summed E-state index contributed by atoms with van der Waals surface area (Å²) in [7, 11) is 0. The molecule has 0 radical (unpaired) electrons. The Morgan fingerprint density at radius 1 is 1.50 bits per heavy atom. The Morgan fingerprint density at radius 3 is 2.43 bits per heavy atom. The van der Waals surface area contributed by atoms with E-state index in [1.54, 1.807) is 0 Å². The Morgan fingerprint density at radius 2 is 2.07 bits per heavy atom. The highest BCUT2D eigenvalue weighted by atomic mass is 16.4. The third-order valence-corrected chi connectivity index (χ3v) is 2.33. The molecule has 6 heteroatoms. The van der Waals surface area contributed by atoms with Gasteiger partial charge in [0.25, 0.3) is 0 Å². The molecule has 0 bridgehead atoms. The van der Waals surface area contributed by atoms with Crippen molar-refractivity contribution in [2.45, 2.75) is 19.4 Å². The Balaban J connectivity index is 2.70. The predicted molar refractivity (Wildman–Crippen MR) is 44.6 cm³/mol. The van der Waals surface area contributed by atoms with E-state index in [2.05, 4.69) is 0 Å². The molecule has 0 aromatic carbocycles. The molecule has 1 aliphatic rings. The second kappa shape index (κ2) is 3.65. The molecular formula is C8H11NO5. The van der Waals surface area contributed by atoms with Crippen LogP contribution in [0.5, 0.6) is 0 Å². The number of aliphatic carboxylic acids is 2. The summed E-state index contributed by atoms with van der Waals surface area (Å²) in [6.45, 7) is 1.35. The summed E-state index contributed by atoms with van der Waals surface area (Å²) >= 11 is 0. The van der Waals surface area contributed by atoms with Crippen LogP contribution in [0.3, 0.4) is 0 Å². The van der Waals surface area contributed by atoms with Crippen LogP contribution in [-0.2, 0) is 14.4 Å². The third-order valence-electron chi connectivity index (χ3n) is 2.33. The SMILES string of the molecule is C[C@@H](C(=O)O)N1CC(C(=O)O)CC1=O. The van der Waals surface area contributed by atoms with Gasteiger partial charge in [-0.3, -0.25) is 9.59 Å². The molecule has 1 amide bonds.